The lowest BCUT2D eigenvalue weighted by Crippen LogP contribution is -2.45. The molecule has 3 nitrogen and oxygen atoms in total. The van der Waals surface area contributed by atoms with Crippen molar-refractivity contribution in [3.05, 3.63) is 48.0 Å². The maximum Gasteiger partial charge on any atom is 0.220 e. The van der Waals surface area contributed by atoms with Crippen LogP contribution in [0.15, 0.2) is 42.5 Å². The van der Waals surface area contributed by atoms with Gasteiger partial charge in [0.1, 0.15) is 0 Å². The smallest absolute Gasteiger partial charge is 0.220 e. The van der Waals surface area contributed by atoms with Gasteiger partial charge in [-0.05, 0) is 28.8 Å². The van der Waals surface area contributed by atoms with Gasteiger partial charge in [0.2, 0.25) is 5.91 Å². The zero-order chi connectivity index (χ0) is 13.1. The van der Waals surface area contributed by atoms with E-state index in [2.05, 4.69) is 53.1 Å². The van der Waals surface area contributed by atoms with Gasteiger partial charge in [-0.3, -0.25) is 4.79 Å². The van der Waals surface area contributed by atoms with Crippen LogP contribution in [0.4, 0.5) is 0 Å². The lowest BCUT2D eigenvalue weighted by atomic mass is 10.0. The number of carbonyl (C=O) groups is 1. The molecule has 2 aromatic rings. The number of hydrogen-bond donors (Lipinski definition) is 2. The quantitative estimate of drug-likeness (QED) is 0.881. The summed E-state index contributed by atoms with van der Waals surface area (Å²) in [5, 5.41) is 8.96. The minimum absolute atomic E-state index is 0.170. The molecule has 0 spiro atoms. The molecule has 1 atom stereocenters. The molecular weight excluding hydrogens is 236 g/mol. The van der Waals surface area contributed by atoms with Crippen molar-refractivity contribution in [3.63, 3.8) is 0 Å². The van der Waals surface area contributed by atoms with E-state index in [1.54, 1.807) is 0 Å². The van der Waals surface area contributed by atoms with Crippen molar-refractivity contribution < 1.29 is 4.79 Å². The number of piperidine rings is 1. The molecule has 1 aliphatic rings. The average Bonchev–Trinajstić information content (AvgIpc) is 2.46. The van der Waals surface area contributed by atoms with E-state index in [4.69, 9.17) is 0 Å². The summed E-state index contributed by atoms with van der Waals surface area (Å²) in [6.45, 7) is 1.60. The monoisotopic (exact) mass is 254 g/mol. The number of hydrogen-bond acceptors (Lipinski definition) is 2. The topological polar surface area (TPSA) is 41.1 Å². The molecule has 1 amide bonds. The van der Waals surface area contributed by atoms with Gasteiger partial charge in [-0.25, -0.2) is 0 Å². The van der Waals surface area contributed by atoms with Crippen LogP contribution in [0.3, 0.4) is 0 Å². The molecular formula is C16H18N2O. The molecule has 1 unspecified atom stereocenters. The molecule has 98 valence electrons. The van der Waals surface area contributed by atoms with Gasteiger partial charge in [0, 0.05) is 25.6 Å². The third-order valence-electron chi connectivity index (χ3n) is 3.67. The summed E-state index contributed by atoms with van der Waals surface area (Å²) in [6.07, 6.45) is 1.56. The van der Waals surface area contributed by atoms with Crippen LogP contribution in [0.25, 0.3) is 10.8 Å². The fourth-order valence-electron chi connectivity index (χ4n) is 2.52. The van der Waals surface area contributed by atoms with E-state index in [0.717, 1.165) is 19.5 Å². The molecule has 1 aliphatic heterocycles. The predicted octanol–water partition coefficient (Wildman–Crippen LogP) is 2.21. The molecule has 1 fully saturated rings. The molecule has 2 N–H and O–H groups in total. The van der Waals surface area contributed by atoms with Crippen LogP contribution < -0.4 is 10.6 Å². The van der Waals surface area contributed by atoms with E-state index < -0.39 is 0 Å². The first-order chi connectivity index (χ1) is 9.31. The van der Waals surface area contributed by atoms with Crippen LogP contribution >= 0.6 is 0 Å². The zero-order valence-electron chi connectivity index (χ0n) is 10.9. The van der Waals surface area contributed by atoms with E-state index in [9.17, 15) is 4.79 Å². The van der Waals surface area contributed by atoms with Crippen molar-refractivity contribution in [2.75, 3.05) is 6.54 Å². The van der Waals surface area contributed by atoms with E-state index in [1.165, 1.54) is 16.3 Å². The summed E-state index contributed by atoms with van der Waals surface area (Å²) in [6, 6.07) is 15.3. The van der Waals surface area contributed by atoms with Crippen molar-refractivity contribution in [3.8, 4) is 0 Å². The standard InChI is InChI=1S/C16H18N2O/c19-16-8-7-15(11-18-16)17-10-12-5-6-13-3-1-2-4-14(13)9-12/h1-6,9,15,17H,7-8,10-11H2,(H,18,19). The van der Waals surface area contributed by atoms with Crippen LogP contribution in [-0.2, 0) is 11.3 Å². The van der Waals surface area contributed by atoms with Crippen LogP contribution in [0.5, 0.6) is 0 Å². The minimum Gasteiger partial charge on any atom is -0.355 e. The molecule has 3 rings (SSSR count). The first kappa shape index (κ1) is 12.2. The molecule has 1 heterocycles. The second kappa shape index (κ2) is 5.41. The summed E-state index contributed by atoms with van der Waals surface area (Å²) in [5.74, 6) is 0.170. The van der Waals surface area contributed by atoms with E-state index >= 15 is 0 Å². The Kier molecular flexibility index (Phi) is 3.47. The Morgan fingerprint density at radius 2 is 2.00 bits per heavy atom. The third kappa shape index (κ3) is 2.93. The predicted molar refractivity (Wildman–Crippen MR) is 76.8 cm³/mol. The average molecular weight is 254 g/mol. The summed E-state index contributed by atoms with van der Waals surface area (Å²) in [5.41, 5.74) is 1.29. The van der Waals surface area contributed by atoms with Gasteiger partial charge in [0.25, 0.3) is 0 Å². The molecule has 1 saturated heterocycles. The molecule has 3 heteroatoms. The maximum absolute atomic E-state index is 11.1. The first-order valence-electron chi connectivity index (χ1n) is 6.79. The Bertz CT molecular complexity index is 584. The third-order valence-corrected chi connectivity index (χ3v) is 3.67. The lowest BCUT2D eigenvalue weighted by molar-refractivity contribution is -0.122. The Balaban J connectivity index is 1.63. The summed E-state index contributed by atoms with van der Waals surface area (Å²) >= 11 is 0. The normalized spacial score (nSPS) is 19.4. The molecule has 0 bridgehead atoms. The fourth-order valence-corrected chi connectivity index (χ4v) is 2.52. The highest BCUT2D eigenvalue weighted by molar-refractivity contribution is 5.83. The minimum atomic E-state index is 0.170. The number of rotatable bonds is 3. The first-order valence-corrected chi connectivity index (χ1v) is 6.79. The summed E-state index contributed by atoms with van der Waals surface area (Å²) < 4.78 is 0. The summed E-state index contributed by atoms with van der Waals surface area (Å²) in [7, 11) is 0. The second-order valence-corrected chi connectivity index (χ2v) is 5.10. The number of carbonyl (C=O) groups excluding carboxylic acids is 1. The van der Waals surface area contributed by atoms with Crippen LogP contribution in [-0.4, -0.2) is 18.5 Å². The van der Waals surface area contributed by atoms with Gasteiger partial charge in [0.05, 0.1) is 0 Å². The Morgan fingerprint density at radius 3 is 2.79 bits per heavy atom. The highest BCUT2D eigenvalue weighted by atomic mass is 16.1. The van der Waals surface area contributed by atoms with E-state index in [1.807, 2.05) is 0 Å². The molecule has 0 radical (unpaired) electrons. The van der Waals surface area contributed by atoms with Gasteiger partial charge in [-0.2, -0.15) is 0 Å². The second-order valence-electron chi connectivity index (χ2n) is 5.10. The Hall–Kier alpha value is -1.87. The van der Waals surface area contributed by atoms with Gasteiger partial charge >= 0.3 is 0 Å². The van der Waals surface area contributed by atoms with E-state index in [0.29, 0.717) is 12.5 Å². The van der Waals surface area contributed by atoms with Crippen molar-refractivity contribution in [1.29, 1.82) is 0 Å². The maximum atomic E-state index is 11.1. The number of fused-ring (bicyclic) bond motifs is 1. The van der Waals surface area contributed by atoms with Gasteiger partial charge in [0.15, 0.2) is 0 Å². The van der Waals surface area contributed by atoms with Crippen molar-refractivity contribution in [2.45, 2.75) is 25.4 Å². The van der Waals surface area contributed by atoms with Crippen molar-refractivity contribution >= 4 is 16.7 Å². The van der Waals surface area contributed by atoms with Gasteiger partial charge in [-0.15, -0.1) is 0 Å². The highest BCUT2D eigenvalue weighted by Gasteiger charge is 2.16. The van der Waals surface area contributed by atoms with E-state index in [-0.39, 0.29) is 5.91 Å². The number of nitrogens with one attached hydrogen (secondary N) is 2. The summed E-state index contributed by atoms with van der Waals surface area (Å²) in [4.78, 5) is 11.1. The molecule has 0 saturated carbocycles. The molecule has 0 aliphatic carbocycles. The Labute approximate surface area is 113 Å². The number of benzene rings is 2. The van der Waals surface area contributed by atoms with Gasteiger partial charge < -0.3 is 10.6 Å². The highest BCUT2D eigenvalue weighted by Crippen LogP contribution is 2.15. The van der Waals surface area contributed by atoms with Crippen LogP contribution in [0.1, 0.15) is 18.4 Å². The van der Waals surface area contributed by atoms with Crippen molar-refractivity contribution in [2.24, 2.45) is 0 Å². The SMILES string of the molecule is O=C1CCC(NCc2ccc3ccccc3c2)CN1. The largest absolute Gasteiger partial charge is 0.355 e. The molecule has 19 heavy (non-hydrogen) atoms. The zero-order valence-corrected chi connectivity index (χ0v) is 10.9. The van der Waals surface area contributed by atoms with Crippen LogP contribution in [0, 0.1) is 0 Å². The Morgan fingerprint density at radius 1 is 1.16 bits per heavy atom. The molecule has 2 aromatic carbocycles. The van der Waals surface area contributed by atoms with Crippen molar-refractivity contribution in [1.82, 2.24) is 10.6 Å². The fraction of sp³-hybridized carbons (Fsp3) is 0.312. The molecule has 0 aromatic heterocycles. The van der Waals surface area contributed by atoms with Crippen LogP contribution in [0.2, 0.25) is 0 Å². The number of amides is 1. The van der Waals surface area contributed by atoms with Gasteiger partial charge in [-0.1, -0.05) is 36.4 Å². The lowest BCUT2D eigenvalue weighted by Gasteiger charge is -2.23.